The van der Waals surface area contributed by atoms with E-state index in [4.69, 9.17) is 16.3 Å². The molecule has 0 N–H and O–H groups in total. The van der Waals surface area contributed by atoms with Crippen LogP contribution in [-0.2, 0) is 14.3 Å². The van der Waals surface area contributed by atoms with E-state index in [0.29, 0.717) is 31.2 Å². The first-order valence-electron chi connectivity index (χ1n) is 7.51. The summed E-state index contributed by atoms with van der Waals surface area (Å²) in [6.45, 7) is 4.08. The molecule has 0 atom stereocenters. The van der Waals surface area contributed by atoms with Crippen molar-refractivity contribution in [1.82, 2.24) is 9.80 Å². The Bertz CT molecular complexity index is 608. The van der Waals surface area contributed by atoms with Gasteiger partial charge in [0.2, 0.25) is 11.8 Å². The van der Waals surface area contributed by atoms with Crippen LogP contribution in [-0.4, -0.2) is 61.5 Å². The highest BCUT2D eigenvalue weighted by Crippen LogP contribution is 2.23. The van der Waals surface area contributed by atoms with Crippen molar-refractivity contribution in [2.75, 3.05) is 39.9 Å². The molecule has 0 spiro atoms. The SMILES string of the molecule is COCC(=O)N1CCN(C(=O)C=C(C)c2ccccc2Cl)CC1. The number of methoxy groups -OCH3 is 1. The standard InChI is InChI=1S/C17H21ClN2O3/c1-13(14-5-3-4-6-15(14)18)11-16(21)19-7-9-20(10-8-19)17(22)12-23-2/h3-6,11H,7-10,12H2,1-2H3. The monoisotopic (exact) mass is 336 g/mol. The maximum absolute atomic E-state index is 12.4. The quantitative estimate of drug-likeness (QED) is 0.791. The smallest absolute Gasteiger partial charge is 0.248 e. The minimum Gasteiger partial charge on any atom is -0.375 e. The molecule has 6 heteroatoms. The summed E-state index contributed by atoms with van der Waals surface area (Å²) in [5.74, 6) is -0.0938. The van der Waals surface area contributed by atoms with Crippen LogP contribution in [0, 0.1) is 0 Å². The van der Waals surface area contributed by atoms with Gasteiger partial charge in [-0.2, -0.15) is 0 Å². The lowest BCUT2D eigenvalue weighted by molar-refractivity contribution is -0.140. The summed E-state index contributed by atoms with van der Waals surface area (Å²) in [5, 5.41) is 0.629. The van der Waals surface area contributed by atoms with Crippen molar-refractivity contribution in [2.24, 2.45) is 0 Å². The van der Waals surface area contributed by atoms with Crippen LogP contribution in [0.25, 0.3) is 5.57 Å². The van der Waals surface area contributed by atoms with Gasteiger partial charge < -0.3 is 14.5 Å². The van der Waals surface area contributed by atoms with Crippen molar-refractivity contribution in [3.8, 4) is 0 Å². The highest BCUT2D eigenvalue weighted by Gasteiger charge is 2.23. The Labute approximate surface area is 141 Å². The zero-order valence-corrected chi connectivity index (χ0v) is 14.2. The molecular formula is C17H21ClN2O3. The predicted octanol–water partition coefficient (Wildman–Crippen LogP) is 2.06. The summed E-state index contributed by atoms with van der Waals surface area (Å²) in [6, 6.07) is 7.45. The van der Waals surface area contributed by atoms with E-state index in [-0.39, 0.29) is 18.4 Å². The second kappa shape index (κ2) is 8.13. The summed E-state index contributed by atoms with van der Waals surface area (Å²) in [6.07, 6.45) is 1.61. The summed E-state index contributed by atoms with van der Waals surface area (Å²) in [4.78, 5) is 27.6. The minimum atomic E-state index is -0.0544. The molecule has 5 nitrogen and oxygen atoms in total. The van der Waals surface area contributed by atoms with Gasteiger partial charge in [-0.3, -0.25) is 9.59 Å². The second-order valence-electron chi connectivity index (χ2n) is 5.45. The van der Waals surface area contributed by atoms with Crippen LogP contribution >= 0.6 is 11.6 Å². The number of nitrogens with zero attached hydrogens (tertiary/aromatic N) is 2. The van der Waals surface area contributed by atoms with Gasteiger partial charge in [0, 0.05) is 44.4 Å². The Morgan fingerprint density at radius 3 is 2.39 bits per heavy atom. The Morgan fingerprint density at radius 1 is 1.17 bits per heavy atom. The first-order chi connectivity index (χ1) is 11.0. The topological polar surface area (TPSA) is 49.9 Å². The van der Waals surface area contributed by atoms with Crippen LogP contribution < -0.4 is 0 Å². The number of benzene rings is 1. The van der Waals surface area contributed by atoms with E-state index in [0.717, 1.165) is 11.1 Å². The van der Waals surface area contributed by atoms with Gasteiger partial charge in [-0.25, -0.2) is 0 Å². The molecule has 1 aliphatic rings. The number of carbonyl (C=O) groups is 2. The molecule has 124 valence electrons. The van der Waals surface area contributed by atoms with Crippen LogP contribution in [0.1, 0.15) is 12.5 Å². The number of rotatable bonds is 4. The number of hydrogen-bond donors (Lipinski definition) is 0. The van der Waals surface area contributed by atoms with E-state index < -0.39 is 0 Å². The molecule has 0 bridgehead atoms. The molecule has 2 rings (SSSR count). The average Bonchev–Trinajstić information content (AvgIpc) is 2.55. The van der Waals surface area contributed by atoms with Crippen molar-refractivity contribution in [1.29, 1.82) is 0 Å². The van der Waals surface area contributed by atoms with E-state index >= 15 is 0 Å². The van der Waals surface area contributed by atoms with Crippen LogP contribution in [0.5, 0.6) is 0 Å². The fraction of sp³-hybridized carbons (Fsp3) is 0.412. The molecule has 1 fully saturated rings. The predicted molar refractivity (Wildman–Crippen MR) is 90.1 cm³/mol. The highest BCUT2D eigenvalue weighted by atomic mass is 35.5. The highest BCUT2D eigenvalue weighted by molar-refractivity contribution is 6.32. The molecule has 0 saturated carbocycles. The summed E-state index contributed by atoms with van der Waals surface area (Å²) in [7, 11) is 1.50. The van der Waals surface area contributed by atoms with Crippen molar-refractivity contribution in [3.63, 3.8) is 0 Å². The number of amides is 2. The third-order valence-corrected chi connectivity index (χ3v) is 4.18. The van der Waals surface area contributed by atoms with Gasteiger partial charge in [0.15, 0.2) is 0 Å². The van der Waals surface area contributed by atoms with Crippen LogP contribution in [0.4, 0.5) is 0 Å². The first-order valence-corrected chi connectivity index (χ1v) is 7.89. The lowest BCUT2D eigenvalue weighted by Gasteiger charge is -2.34. The van der Waals surface area contributed by atoms with Gasteiger partial charge in [-0.1, -0.05) is 29.8 Å². The third-order valence-electron chi connectivity index (χ3n) is 3.85. The largest absolute Gasteiger partial charge is 0.375 e. The molecule has 2 amide bonds. The summed E-state index contributed by atoms with van der Waals surface area (Å²) < 4.78 is 4.85. The zero-order valence-electron chi connectivity index (χ0n) is 13.4. The van der Waals surface area contributed by atoms with Crippen LogP contribution in [0.15, 0.2) is 30.3 Å². The van der Waals surface area contributed by atoms with Gasteiger partial charge in [-0.05, 0) is 24.1 Å². The maximum Gasteiger partial charge on any atom is 0.248 e. The van der Waals surface area contributed by atoms with Gasteiger partial charge >= 0.3 is 0 Å². The molecule has 1 aromatic carbocycles. The molecule has 1 aromatic rings. The fourth-order valence-electron chi connectivity index (χ4n) is 2.53. The van der Waals surface area contributed by atoms with Crippen LogP contribution in [0.2, 0.25) is 5.02 Å². The second-order valence-corrected chi connectivity index (χ2v) is 5.85. The van der Waals surface area contributed by atoms with Crippen molar-refractivity contribution < 1.29 is 14.3 Å². The molecule has 1 aliphatic heterocycles. The van der Waals surface area contributed by atoms with E-state index in [9.17, 15) is 9.59 Å². The van der Waals surface area contributed by atoms with Crippen molar-refractivity contribution >= 4 is 29.0 Å². The number of halogens is 1. The molecule has 0 aliphatic carbocycles. The third kappa shape index (κ3) is 4.56. The van der Waals surface area contributed by atoms with Gasteiger partial charge in [-0.15, -0.1) is 0 Å². The lowest BCUT2D eigenvalue weighted by atomic mass is 10.1. The molecule has 0 radical (unpaired) electrons. The molecule has 23 heavy (non-hydrogen) atoms. The fourth-order valence-corrected chi connectivity index (χ4v) is 2.81. The van der Waals surface area contributed by atoms with Gasteiger partial charge in [0.05, 0.1) is 0 Å². The average molecular weight is 337 g/mol. The maximum atomic E-state index is 12.4. The molecular weight excluding hydrogens is 316 g/mol. The number of hydrogen-bond acceptors (Lipinski definition) is 3. The van der Waals surface area contributed by atoms with Crippen LogP contribution in [0.3, 0.4) is 0 Å². The molecule has 0 aromatic heterocycles. The van der Waals surface area contributed by atoms with Gasteiger partial charge in [0.25, 0.3) is 0 Å². The molecule has 0 unspecified atom stereocenters. The minimum absolute atomic E-state index is 0.0395. The zero-order chi connectivity index (χ0) is 16.8. The summed E-state index contributed by atoms with van der Waals surface area (Å²) >= 11 is 6.15. The molecule has 1 heterocycles. The Kier molecular flexibility index (Phi) is 6.19. The van der Waals surface area contributed by atoms with E-state index in [2.05, 4.69) is 0 Å². The Hall–Kier alpha value is -1.85. The van der Waals surface area contributed by atoms with Gasteiger partial charge in [0.1, 0.15) is 6.61 Å². The first kappa shape index (κ1) is 17.5. The number of carbonyl (C=O) groups excluding carboxylic acids is 2. The van der Waals surface area contributed by atoms with E-state index in [1.54, 1.807) is 21.9 Å². The molecule has 1 saturated heterocycles. The number of ether oxygens (including phenoxy) is 1. The van der Waals surface area contributed by atoms with E-state index in [1.807, 2.05) is 25.1 Å². The lowest BCUT2D eigenvalue weighted by Crippen LogP contribution is -2.51. The van der Waals surface area contributed by atoms with Crippen molar-refractivity contribution in [2.45, 2.75) is 6.92 Å². The van der Waals surface area contributed by atoms with E-state index in [1.165, 1.54) is 7.11 Å². The number of piperazine rings is 1. The Morgan fingerprint density at radius 2 is 1.78 bits per heavy atom. The normalized spacial score (nSPS) is 15.7. The van der Waals surface area contributed by atoms with Crippen molar-refractivity contribution in [3.05, 3.63) is 40.9 Å². The summed E-state index contributed by atoms with van der Waals surface area (Å²) in [5.41, 5.74) is 1.69. The number of allylic oxidation sites excluding steroid dienone is 1. The Balaban J connectivity index is 1.96.